The lowest BCUT2D eigenvalue weighted by molar-refractivity contribution is -0.120. The quantitative estimate of drug-likeness (QED) is 0.802. The van der Waals surface area contributed by atoms with Crippen molar-refractivity contribution in [3.63, 3.8) is 0 Å². The summed E-state index contributed by atoms with van der Waals surface area (Å²) in [5.74, 6) is -0.660. The van der Waals surface area contributed by atoms with Crippen LogP contribution >= 0.6 is 0 Å². The van der Waals surface area contributed by atoms with E-state index >= 15 is 0 Å². The number of amides is 2. The molecule has 0 radical (unpaired) electrons. The van der Waals surface area contributed by atoms with Gasteiger partial charge in [-0.3, -0.25) is 9.59 Å². The van der Waals surface area contributed by atoms with Crippen LogP contribution in [0, 0.1) is 5.92 Å². The molecule has 2 N–H and O–H groups in total. The number of hydrogen-bond acceptors (Lipinski definition) is 4. The fourth-order valence-corrected chi connectivity index (χ4v) is 4.72. The molecule has 0 aliphatic carbocycles. The molecule has 3 rings (SSSR count). The predicted molar refractivity (Wildman–Crippen MR) is 106 cm³/mol. The van der Waals surface area contributed by atoms with Crippen LogP contribution in [0.5, 0.6) is 0 Å². The van der Waals surface area contributed by atoms with Crippen molar-refractivity contribution < 1.29 is 18.0 Å². The van der Waals surface area contributed by atoms with E-state index in [1.54, 1.807) is 61.6 Å². The smallest absolute Gasteiger partial charge is 0.251 e. The molecule has 0 unspecified atom stereocenters. The highest BCUT2D eigenvalue weighted by Gasteiger charge is 2.32. The summed E-state index contributed by atoms with van der Waals surface area (Å²) in [6.07, 6.45) is 0.903. The Hall–Kier alpha value is -2.71. The van der Waals surface area contributed by atoms with Crippen LogP contribution in [0.25, 0.3) is 0 Å². The minimum Gasteiger partial charge on any atom is -0.355 e. The monoisotopic (exact) mass is 401 g/mol. The predicted octanol–water partition coefficient (Wildman–Crippen LogP) is 2.09. The molecule has 0 bridgehead atoms. The number of sulfonamides is 1. The number of carbonyl (C=O) groups is 2. The number of rotatable bonds is 5. The van der Waals surface area contributed by atoms with Crippen molar-refractivity contribution in [2.24, 2.45) is 5.92 Å². The van der Waals surface area contributed by atoms with E-state index in [-0.39, 0.29) is 22.6 Å². The minimum atomic E-state index is -3.53. The Morgan fingerprint density at radius 3 is 2.32 bits per heavy atom. The van der Waals surface area contributed by atoms with Crippen molar-refractivity contribution in [1.29, 1.82) is 0 Å². The normalized spacial score (nSPS) is 15.8. The number of benzene rings is 2. The number of hydrogen-bond donors (Lipinski definition) is 2. The van der Waals surface area contributed by atoms with Gasteiger partial charge >= 0.3 is 0 Å². The van der Waals surface area contributed by atoms with E-state index in [0.717, 1.165) is 0 Å². The molecule has 7 nitrogen and oxygen atoms in total. The lowest BCUT2D eigenvalue weighted by Crippen LogP contribution is -2.41. The molecule has 0 spiro atoms. The van der Waals surface area contributed by atoms with Gasteiger partial charge in [-0.25, -0.2) is 8.42 Å². The molecule has 0 saturated carbocycles. The third kappa shape index (κ3) is 4.40. The van der Waals surface area contributed by atoms with Crippen LogP contribution in [0.15, 0.2) is 59.5 Å². The molecule has 2 amide bonds. The second-order valence-electron chi connectivity index (χ2n) is 6.64. The third-order valence-electron chi connectivity index (χ3n) is 4.83. The SMILES string of the molecule is CNC(=O)c1cccc(NC(=O)C2CCN(S(=O)(=O)c3ccccc3)CC2)c1. The number of nitrogens with one attached hydrogen (secondary N) is 2. The summed E-state index contributed by atoms with van der Waals surface area (Å²) in [6.45, 7) is 0.598. The van der Waals surface area contributed by atoms with E-state index in [4.69, 9.17) is 0 Å². The molecule has 28 heavy (non-hydrogen) atoms. The summed E-state index contributed by atoms with van der Waals surface area (Å²) >= 11 is 0. The van der Waals surface area contributed by atoms with Gasteiger partial charge < -0.3 is 10.6 Å². The summed E-state index contributed by atoms with van der Waals surface area (Å²) in [7, 11) is -1.98. The molecular weight excluding hydrogens is 378 g/mol. The molecule has 1 saturated heterocycles. The van der Waals surface area contributed by atoms with Crippen molar-refractivity contribution >= 4 is 27.5 Å². The zero-order chi connectivity index (χ0) is 20.1. The van der Waals surface area contributed by atoms with Gasteiger partial charge in [-0.1, -0.05) is 24.3 Å². The van der Waals surface area contributed by atoms with Gasteiger partial charge in [-0.05, 0) is 43.2 Å². The maximum absolute atomic E-state index is 12.7. The van der Waals surface area contributed by atoms with Crippen LogP contribution < -0.4 is 10.6 Å². The molecule has 1 fully saturated rings. The van der Waals surface area contributed by atoms with Gasteiger partial charge in [0.15, 0.2) is 0 Å². The summed E-state index contributed by atoms with van der Waals surface area (Å²) in [5.41, 5.74) is 1.01. The van der Waals surface area contributed by atoms with Gasteiger partial charge in [0.2, 0.25) is 15.9 Å². The zero-order valence-electron chi connectivity index (χ0n) is 15.6. The maximum atomic E-state index is 12.7. The summed E-state index contributed by atoms with van der Waals surface area (Å²) in [5, 5.41) is 5.37. The Kier molecular flexibility index (Phi) is 6.11. The largest absolute Gasteiger partial charge is 0.355 e. The first-order valence-corrected chi connectivity index (χ1v) is 10.5. The molecule has 1 heterocycles. The highest BCUT2D eigenvalue weighted by molar-refractivity contribution is 7.89. The van der Waals surface area contributed by atoms with E-state index < -0.39 is 10.0 Å². The second-order valence-corrected chi connectivity index (χ2v) is 8.58. The number of piperidine rings is 1. The number of anilines is 1. The first-order valence-electron chi connectivity index (χ1n) is 9.10. The number of nitrogens with zero attached hydrogens (tertiary/aromatic N) is 1. The second kappa shape index (κ2) is 8.53. The third-order valence-corrected chi connectivity index (χ3v) is 6.74. The van der Waals surface area contributed by atoms with Crippen LogP contribution in [-0.2, 0) is 14.8 Å². The lowest BCUT2D eigenvalue weighted by atomic mass is 9.97. The molecule has 0 aromatic heterocycles. The van der Waals surface area contributed by atoms with E-state index in [9.17, 15) is 18.0 Å². The Labute approximate surface area is 164 Å². The van der Waals surface area contributed by atoms with E-state index in [1.165, 1.54) is 4.31 Å². The summed E-state index contributed by atoms with van der Waals surface area (Å²) in [6, 6.07) is 15.0. The average molecular weight is 401 g/mol. The van der Waals surface area contributed by atoms with Crippen molar-refractivity contribution in [3.05, 3.63) is 60.2 Å². The molecule has 1 aliphatic heterocycles. The zero-order valence-corrected chi connectivity index (χ0v) is 16.4. The van der Waals surface area contributed by atoms with Gasteiger partial charge in [0.25, 0.3) is 5.91 Å². The van der Waals surface area contributed by atoms with Crippen LogP contribution in [0.2, 0.25) is 0 Å². The number of carbonyl (C=O) groups excluding carboxylic acids is 2. The topological polar surface area (TPSA) is 95.6 Å². The molecule has 8 heteroatoms. The van der Waals surface area contributed by atoms with Gasteiger partial charge in [-0.15, -0.1) is 0 Å². The molecule has 2 aromatic carbocycles. The van der Waals surface area contributed by atoms with Crippen molar-refractivity contribution in [1.82, 2.24) is 9.62 Å². The van der Waals surface area contributed by atoms with Crippen molar-refractivity contribution in [2.75, 3.05) is 25.5 Å². The molecular formula is C20H23N3O4S. The lowest BCUT2D eigenvalue weighted by Gasteiger charge is -2.30. The van der Waals surface area contributed by atoms with Crippen LogP contribution in [-0.4, -0.2) is 44.7 Å². The Bertz CT molecular complexity index is 952. The van der Waals surface area contributed by atoms with E-state index in [1.807, 2.05) is 0 Å². The van der Waals surface area contributed by atoms with Gasteiger partial charge in [0.1, 0.15) is 0 Å². The maximum Gasteiger partial charge on any atom is 0.251 e. The molecule has 0 atom stereocenters. The fraction of sp³-hybridized carbons (Fsp3) is 0.300. The first-order chi connectivity index (χ1) is 13.4. The van der Waals surface area contributed by atoms with E-state index in [2.05, 4.69) is 10.6 Å². The Morgan fingerprint density at radius 1 is 1.00 bits per heavy atom. The van der Waals surface area contributed by atoms with Crippen LogP contribution in [0.4, 0.5) is 5.69 Å². The average Bonchev–Trinajstić information content (AvgIpc) is 2.74. The minimum absolute atomic E-state index is 0.161. The van der Waals surface area contributed by atoms with Gasteiger partial charge in [0.05, 0.1) is 4.90 Å². The van der Waals surface area contributed by atoms with Crippen LogP contribution in [0.3, 0.4) is 0 Å². The fourth-order valence-electron chi connectivity index (χ4n) is 3.23. The van der Waals surface area contributed by atoms with Crippen LogP contribution in [0.1, 0.15) is 23.2 Å². The summed E-state index contributed by atoms with van der Waals surface area (Å²) in [4.78, 5) is 24.5. The standard InChI is InChI=1S/C20H23N3O4S/c1-21-19(24)16-6-5-7-17(14-16)22-20(25)15-10-12-23(13-11-15)28(26,27)18-8-3-2-4-9-18/h2-9,14-15H,10-13H2,1H3,(H,21,24)(H,22,25). The Balaban J connectivity index is 1.61. The molecule has 148 valence electrons. The van der Waals surface area contributed by atoms with Gasteiger partial charge in [-0.2, -0.15) is 4.31 Å². The Morgan fingerprint density at radius 2 is 1.68 bits per heavy atom. The summed E-state index contributed by atoms with van der Waals surface area (Å²) < 4.78 is 26.8. The van der Waals surface area contributed by atoms with E-state index in [0.29, 0.717) is 37.2 Å². The highest BCUT2D eigenvalue weighted by atomic mass is 32.2. The van der Waals surface area contributed by atoms with Crippen molar-refractivity contribution in [3.8, 4) is 0 Å². The van der Waals surface area contributed by atoms with Crippen molar-refractivity contribution in [2.45, 2.75) is 17.7 Å². The molecule has 1 aliphatic rings. The van der Waals surface area contributed by atoms with Gasteiger partial charge in [0, 0.05) is 37.3 Å². The molecule has 2 aromatic rings. The first kappa shape index (κ1) is 20.0. The highest BCUT2D eigenvalue weighted by Crippen LogP contribution is 2.25.